The highest BCUT2D eigenvalue weighted by Gasteiger charge is 2.13. The molecule has 0 fully saturated rings. The summed E-state index contributed by atoms with van der Waals surface area (Å²) in [5.41, 5.74) is 7.35. The molecule has 2 aromatic heterocycles. The van der Waals surface area contributed by atoms with E-state index in [4.69, 9.17) is 22.1 Å². The minimum Gasteiger partial charge on any atom is -0.438 e. The lowest BCUT2D eigenvalue weighted by Crippen LogP contribution is -1.92. The third-order valence-corrected chi connectivity index (χ3v) is 4.56. The van der Waals surface area contributed by atoms with Crippen LogP contribution in [0.4, 0.5) is 5.69 Å². The minimum absolute atomic E-state index is 0.464. The van der Waals surface area contributed by atoms with Gasteiger partial charge in [-0.3, -0.25) is 0 Å². The molecule has 0 unspecified atom stereocenters. The summed E-state index contributed by atoms with van der Waals surface area (Å²) in [7, 11) is 0. The summed E-state index contributed by atoms with van der Waals surface area (Å²) in [5, 5.41) is 1.41. The van der Waals surface area contributed by atoms with E-state index in [-0.39, 0.29) is 0 Å². The number of halogens is 1. The van der Waals surface area contributed by atoms with Gasteiger partial charge in [0.1, 0.15) is 16.9 Å². The topological polar surface area (TPSA) is 61.0 Å². The molecule has 0 aliphatic carbocycles. The number of hydrogen-bond donors (Lipinski definition) is 1. The number of hydrogen-bond acceptors (Lipinski definition) is 5. The molecule has 0 bridgehead atoms. The van der Waals surface area contributed by atoms with Crippen LogP contribution in [0, 0.1) is 13.8 Å². The molecule has 3 rings (SSSR count). The van der Waals surface area contributed by atoms with E-state index in [1.54, 1.807) is 29.5 Å². The van der Waals surface area contributed by atoms with Crippen LogP contribution in [0.25, 0.3) is 10.2 Å². The maximum absolute atomic E-state index is 6.00. The smallest absolute Gasteiger partial charge is 0.231 e. The van der Waals surface area contributed by atoms with Crippen molar-refractivity contribution < 1.29 is 4.74 Å². The van der Waals surface area contributed by atoms with Crippen molar-refractivity contribution in [2.45, 2.75) is 13.8 Å². The van der Waals surface area contributed by atoms with E-state index < -0.39 is 0 Å². The van der Waals surface area contributed by atoms with Gasteiger partial charge in [0.25, 0.3) is 0 Å². The Morgan fingerprint density at radius 1 is 1.25 bits per heavy atom. The van der Waals surface area contributed by atoms with Crippen LogP contribution in [0.3, 0.4) is 0 Å². The molecular weight excluding hydrogens is 294 g/mol. The fourth-order valence-electron chi connectivity index (χ4n) is 1.91. The fraction of sp³-hybridized carbons (Fsp3) is 0.143. The Morgan fingerprint density at radius 3 is 2.80 bits per heavy atom. The fourth-order valence-corrected chi connectivity index (χ4v) is 3.07. The Bertz CT molecular complexity index is 800. The van der Waals surface area contributed by atoms with Gasteiger partial charge in [0.2, 0.25) is 5.88 Å². The number of nitrogens with zero attached hydrogens (tertiary/aromatic N) is 2. The third kappa shape index (κ3) is 2.19. The zero-order chi connectivity index (χ0) is 14.3. The van der Waals surface area contributed by atoms with Gasteiger partial charge >= 0.3 is 0 Å². The van der Waals surface area contributed by atoms with Crippen LogP contribution in [0.2, 0.25) is 5.02 Å². The van der Waals surface area contributed by atoms with Gasteiger partial charge in [0.15, 0.2) is 0 Å². The molecule has 0 saturated carbocycles. The Hall–Kier alpha value is -1.85. The molecular formula is C14H12ClN3OS. The average molecular weight is 306 g/mol. The highest BCUT2D eigenvalue weighted by atomic mass is 35.5. The zero-order valence-electron chi connectivity index (χ0n) is 11.0. The molecule has 0 aliphatic rings. The summed E-state index contributed by atoms with van der Waals surface area (Å²) in [6.07, 6.45) is 1.51. The molecule has 0 amide bonds. The van der Waals surface area contributed by atoms with E-state index in [1.807, 2.05) is 6.92 Å². The van der Waals surface area contributed by atoms with Crippen molar-refractivity contribution in [3.8, 4) is 11.6 Å². The second-order valence-corrected chi connectivity index (χ2v) is 6.04. The van der Waals surface area contributed by atoms with Crippen molar-refractivity contribution in [3.63, 3.8) is 0 Å². The number of thiophene rings is 1. The molecule has 0 radical (unpaired) electrons. The monoisotopic (exact) mass is 305 g/mol. The first-order valence-corrected chi connectivity index (χ1v) is 7.19. The van der Waals surface area contributed by atoms with Crippen molar-refractivity contribution >= 4 is 38.8 Å². The molecule has 0 atom stereocenters. The standard InChI is InChI=1S/C14H12ClN3OS/c1-7-8(2)20-14-12(7)13(17-6-18-14)19-9-3-4-11(16)10(15)5-9/h3-6H,16H2,1-2H3. The van der Waals surface area contributed by atoms with Crippen LogP contribution in [0.15, 0.2) is 24.5 Å². The van der Waals surface area contributed by atoms with Gasteiger partial charge in [-0.1, -0.05) is 11.6 Å². The van der Waals surface area contributed by atoms with E-state index in [2.05, 4.69) is 16.9 Å². The van der Waals surface area contributed by atoms with Gasteiger partial charge in [0.05, 0.1) is 16.1 Å². The van der Waals surface area contributed by atoms with Gasteiger partial charge in [0, 0.05) is 10.9 Å². The van der Waals surface area contributed by atoms with E-state index in [0.717, 1.165) is 15.8 Å². The van der Waals surface area contributed by atoms with E-state index in [1.165, 1.54) is 11.2 Å². The lowest BCUT2D eigenvalue weighted by molar-refractivity contribution is 0.468. The summed E-state index contributed by atoms with van der Waals surface area (Å²) in [6.45, 7) is 4.10. The summed E-state index contributed by atoms with van der Waals surface area (Å²) in [5.74, 6) is 1.14. The van der Waals surface area contributed by atoms with Crippen LogP contribution < -0.4 is 10.5 Å². The number of nitrogens with two attached hydrogens (primary N) is 1. The Kier molecular flexibility index (Phi) is 3.23. The van der Waals surface area contributed by atoms with Gasteiger partial charge in [-0.15, -0.1) is 11.3 Å². The highest BCUT2D eigenvalue weighted by molar-refractivity contribution is 7.18. The van der Waals surface area contributed by atoms with Crippen LogP contribution in [-0.4, -0.2) is 9.97 Å². The molecule has 0 spiro atoms. The lowest BCUT2D eigenvalue weighted by Gasteiger charge is -2.07. The first-order valence-electron chi connectivity index (χ1n) is 6.00. The number of nitrogen functional groups attached to an aromatic ring is 1. The molecule has 2 N–H and O–H groups in total. The quantitative estimate of drug-likeness (QED) is 0.716. The van der Waals surface area contributed by atoms with Crippen molar-refractivity contribution in [2.75, 3.05) is 5.73 Å². The lowest BCUT2D eigenvalue weighted by atomic mass is 10.2. The van der Waals surface area contributed by atoms with Crippen LogP contribution in [0.1, 0.15) is 10.4 Å². The number of aromatic nitrogens is 2. The Balaban J connectivity index is 2.08. The minimum atomic E-state index is 0.464. The van der Waals surface area contributed by atoms with Crippen molar-refractivity contribution in [3.05, 3.63) is 40.0 Å². The van der Waals surface area contributed by atoms with Crippen LogP contribution in [0.5, 0.6) is 11.6 Å². The predicted molar refractivity (Wildman–Crippen MR) is 82.8 cm³/mol. The van der Waals surface area contributed by atoms with E-state index in [0.29, 0.717) is 22.3 Å². The molecule has 1 aromatic carbocycles. The largest absolute Gasteiger partial charge is 0.438 e. The van der Waals surface area contributed by atoms with E-state index >= 15 is 0 Å². The van der Waals surface area contributed by atoms with Gasteiger partial charge in [-0.25, -0.2) is 9.97 Å². The number of aryl methyl sites for hydroxylation is 2. The molecule has 6 heteroatoms. The Labute approximate surface area is 125 Å². The molecule has 3 aromatic rings. The summed E-state index contributed by atoms with van der Waals surface area (Å²) in [6, 6.07) is 5.16. The summed E-state index contributed by atoms with van der Waals surface area (Å²) >= 11 is 7.63. The first-order chi connectivity index (χ1) is 9.56. The molecule has 4 nitrogen and oxygen atoms in total. The van der Waals surface area contributed by atoms with Crippen molar-refractivity contribution in [2.24, 2.45) is 0 Å². The molecule has 2 heterocycles. The second-order valence-electron chi connectivity index (χ2n) is 4.43. The normalized spacial score (nSPS) is 10.9. The predicted octanol–water partition coefficient (Wildman–Crippen LogP) is 4.34. The summed E-state index contributed by atoms with van der Waals surface area (Å²) < 4.78 is 5.84. The molecule has 0 aliphatic heterocycles. The number of benzene rings is 1. The third-order valence-electron chi connectivity index (χ3n) is 3.12. The number of anilines is 1. The maximum Gasteiger partial charge on any atom is 0.231 e. The highest BCUT2D eigenvalue weighted by Crippen LogP contribution is 2.36. The number of ether oxygens (including phenoxy) is 1. The summed E-state index contributed by atoms with van der Waals surface area (Å²) in [4.78, 5) is 10.6. The molecule has 0 saturated heterocycles. The molecule has 20 heavy (non-hydrogen) atoms. The SMILES string of the molecule is Cc1sc2ncnc(Oc3ccc(N)c(Cl)c3)c2c1C. The first kappa shape index (κ1) is 13.1. The molecule has 102 valence electrons. The zero-order valence-corrected chi connectivity index (χ0v) is 12.5. The van der Waals surface area contributed by atoms with E-state index in [9.17, 15) is 0 Å². The van der Waals surface area contributed by atoms with Crippen LogP contribution in [-0.2, 0) is 0 Å². The Morgan fingerprint density at radius 2 is 2.05 bits per heavy atom. The number of fused-ring (bicyclic) bond motifs is 1. The van der Waals surface area contributed by atoms with Gasteiger partial charge < -0.3 is 10.5 Å². The van der Waals surface area contributed by atoms with Crippen molar-refractivity contribution in [1.82, 2.24) is 9.97 Å². The van der Waals surface area contributed by atoms with Crippen molar-refractivity contribution in [1.29, 1.82) is 0 Å². The van der Waals surface area contributed by atoms with Gasteiger partial charge in [-0.2, -0.15) is 0 Å². The van der Waals surface area contributed by atoms with Gasteiger partial charge in [-0.05, 0) is 31.5 Å². The average Bonchev–Trinajstić information content (AvgIpc) is 2.71. The number of rotatable bonds is 2. The maximum atomic E-state index is 6.00. The second kappa shape index (κ2) is 4.92. The van der Waals surface area contributed by atoms with Crippen LogP contribution >= 0.6 is 22.9 Å².